The zero-order valence-corrected chi connectivity index (χ0v) is 10.8. The number of nitrogens with one attached hydrogen (secondary N) is 1. The van der Waals surface area contributed by atoms with Crippen molar-refractivity contribution in [3.8, 4) is 0 Å². The molecule has 1 aromatic heterocycles. The highest BCUT2D eigenvalue weighted by Crippen LogP contribution is 2.48. The van der Waals surface area contributed by atoms with Gasteiger partial charge in [0.15, 0.2) is 0 Å². The molecule has 0 radical (unpaired) electrons. The fourth-order valence-electron chi connectivity index (χ4n) is 2.16. The van der Waals surface area contributed by atoms with E-state index < -0.39 is 5.41 Å². The zero-order valence-electron chi connectivity index (χ0n) is 10.00. The van der Waals surface area contributed by atoms with E-state index >= 15 is 0 Å². The van der Waals surface area contributed by atoms with E-state index in [2.05, 4.69) is 9.97 Å². The Bertz CT molecular complexity index is 616. The number of fused-ring (bicyclic) bond motifs is 1. The zero-order chi connectivity index (χ0) is 12.8. The van der Waals surface area contributed by atoms with Gasteiger partial charge in [-0.25, -0.2) is 4.98 Å². The molecule has 1 heterocycles. The van der Waals surface area contributed by atoms with Gasteiger partial charge in [0, 0.05) is 0 Å². The third-order valence-corrected chi connectivity index (χ3v) is 3.64. The van der Waals surface area contributed by atoms with E-state index in [1.54, 1.807) is 6.07 Å². The number of H-pyrrole nitrogens is 1. The SMILES string of the molecule is CCOC(=O)C1(c2nc3c(Cl)cccc3[nH]2)CC1. The predicted molar refractivity (Wildman–Crippen MR) is 68.6 cm³/mol. The number of nitrogens with zero attached hydrogens (tertiary/aromatic N) is 1. The van der Waals surface area contributed by atoms with Crippen molar-refractivity contribution < 1.29 is 9.53 Å². The van der Waals surface area contributed by atoms with Gasteiger partial charge in [-0.2, -0.15) is 0 Å². The summed E-state index contributed by atoms with van der Waals surface area (Å²) in [5.41, 5.74) is 0.996. The molecule has 1 aliphatic rings. The summed E-state index contributed by atoms with van der Waals surface area (Å²) in [6.45, 7) is 2.20. The normalized spacial score (nSPS) is 16.8. The number of carbonyl (C=O) groups excluding carboxylic acids is 1. The number of carbonyl (C=O) groups is 1. The van der Waals surface area contributed by atoms with Crippen LogP contribution in [0, 0.1) is 0 Å². The Morgan fingerprint density at radius 3 is 2.94 bits per heavy atom. The molecule has 2 aromatic rings. The van der Waals surface area contributed by atoms with E-state index in [9.17, 15) is 4.79 Å². The monoisotopic (exact) mass is 264 g/mol. The largest absolute Gasteiger partial charge is 0.465 e. The molecule has 0 atom stereocenters. The lowest BCUT2D eigenvalue weighted by Gasteiger charge is -2.10. The number of para-hydroxylation sites is 1. The minimum atomic E-state index is -0.571. The maximum atomic E-state index is 12.0. The van der Waals surface area contributed by atoms with Crippen LogP contribution in [0.4, 0.5) is 0 Å². The molecule has 1 fully saturated rings. The first-order chi connectivity index (χ1) is 8.67. The van der Waals surface area contributed by atoms with Gasteiger partial charge in [-0.05, 0) is 31.9 Å². The summed E-state index contributed by atoms with van der Waals surface area (Å²) in [7, 11) is 0. The van der Waals surface area contributed by atoms with E-state index in [0.717, 1.165) is 18.4 Å². The van der Waals surface area contributed by atoms with Gasteiger partial charge in [-0.15, -0.1) is 0 Å². The Labute approximate surface area is 109 Å². The summed E-state index contributed by atoms with van der Waals surface area (Å²) >= 11 is 6.08. The molecule has 0 aliphatic heterocycles. The summed E-state index contributed by atoms with van der Waals surface area (Å²) in [6, 6.07) is 5.55. The molecule has 1 saturated carbocycles. The summed E-state index contributed by atoms with van der Waals surface area (Å²) in [4.78, 5) is 19.6. The maximum absolute atomic E-state index is 12.0. The maximum Gasteiger partial charge on any atom is 0.319 e. The second-order valence-electron chi connectivity index (χ2n) is 4.52. The lowest BCUT2D eigenvalue weighted by molar-refractivity contribution is -0.146. The standard InChI is InChI=1S/C13H13ClN2O2/c1-2-18-12(17)13(6-7-13)11-15-9-5-3-4-8(14)10(9)16-11/h3-5H,2,6-7H2,1H3,(H,15,16). The molecule has 1 aliphatic carbocycles. The van der Waals surface area contributed by atoms with Crippen molar-refractivity contribution in [3.05, 3.63) is 29.0 Å². The molecule has 3 rings (SSSR count). The first-order valence-electron chi connectivity index (χ1n) is 5.99. The van der Waals surface area contributed by atoms with Crippen LogP contribution >= 0.6 is 11.6 Å². The molecule has 0 unspecified atom stereocenters. The fourth-order valence-corrected chi connectivity index (χ4v) is 2.37. The van der Waals surface area contributed by atoms with Crippen LogP contribution in [-0.4, -0.2) is 22.5 Å². The molecular weight excluding hydrogens is 252 g/mol. The van der Waals surface area contributed by atoms with Gasteiger partial charge in [0.25, 0.3) is 0 Å². The molecular formula is C13H13ClN2O2. The number of aromatic amines is 1. The van der Waals surface area contributed by atoms with Crippen LogP contribution in [0.25, 0.3) is 11.0 Å². The number of rotatable bonds is 3. The third kappa shape index (κ3) is 1.60. The van der Waals surface area contributed by atoms with Crippen molar-refractivity contribution in [1.29, 1.82) is 0 Å². The van der Waals surface area contributed by atoms with Crippen LogP contribution in [0.2, 0.25) is 5.02 Å². The van der Waals surface area contributed by atoms with Crippen LogP contribution in [0.15, 0.2) is 18.2 Å². The lowest BCUT2D eigenvalue weighted by Crippen LogP contribution is -2.24. The van der Waals surface area contributed by atoms with Crippen LogP contribution < -0.4 is 0 Å². The molecule has 5 heteroatoms. The van der Waals surface area contributed by atoms with Gasteiger partial charge in [0.1, 0.15) is 16.8 Å². The Kier molecular flexibility index (Phi) is 2.55. The number of hydrogen-bond acceptors (Lipinski definition) is 3. The Hall–Kier alpha value is -1.55. The molecule has 1 aromatic carbocycles. The number of halogens is 1. The number of aromatic nitrogens is 2. The van der Waals surface area contributed by atoms with Crippen molar-refractivity contribution in [1.82, 2.24) is 9.97 Å². The first-order valence-corrected chi connectivity index (χ1v) is 6.37. The van der Waals surface area contributed by atoms with Gasteiger partial charge < -0.3 is 9.72 Å². The molecule has 4 nitrogen and oxygen atoms in total. The smallest absolute Gasteiger partial charge is 0.319 e. The van der Waals surface area contributed by atoms with Crippen LogP contribution in [-0.2, 0) is 14.9 Å². The van der Waals surface area contributed by atoms with Gasteiger partial charge in [-0.3, -0.25) is 4.79 Å². The van der Waals surface area contributed by atoms with E-state index in [1.807, 2.05) is 19.1 Å². The number of benzene rings is 1. The van der Waals surface area contributed by atoms with Gasteiger partial charge in [0.05, 0.1) is 17.1 Å². The number of esters is 1. The Morgan fingerprint density at radius 2 is 2.33 bits per heavy atom. The summed E-state index contributed by atoms with van der Waals surface area (Å²) in [6.07, 6.45) is 1.56. The van der Waals surface area contributed by atoms with Gasteiger partial charge in [0.2, 0.25) is 0 Å². The van der Waals surface area contributed by atoms with Gasteiger partial charge in [-0.1, -0.05) is 17.7 Å². The Balaban J connectivity index is 2.05. The average molecular weight is 265 g/mol. The number of imidazole rings is 1. The minimum absolute atomic E-state index is 0.194. The lowest BCUT2D eigenvalue weighted by atomic mass is 10.1. The summed E-state index contributed by atoms with van der Waals surface area (Å²) in [5.74, 6) is 0.476. The average Bonchev–Trinajstić information content (AvgIpc) is 3.04. The highest BCUT2D eigenvalue weighted by molar-refractivity contribution is 6.34. The van der Waals surface area contributed by atoms with Gasteiger partial charge >= 0.3 is 5.97 Å². The second-order valence-corrected chi connectivity index (χ2v) is 4.93. The summed E-state index contributed by atoms with van der Waals surface area (Å²) in [5, 5.41) is 0.592. The summed E-state index contributed by atoms with van der Waals surface area (Å²) < 4.78 is 5.12. The molecule has 0 spiro atoms. The van der Waals surface area contributed by atoms with Crippen LogP contribution in [0.1, 0.15) is 25.6 Å². The van der Waals surface area contributed by atoms with E-state index in [4.69, 9.17) is 16.3 Å². The Morgan fingerprint density at radius 1 is 1.56 bits per heavy atom. The van der Waals surface area contributed by atoms with Crippen molar-refractivity contribution >= 4 is 28.6 Å². The molecule has 0 saturated heterocycles. The van der Waals surface area contributed by atoms with E-state index in [-0.39, 0.29) is 5.97 Å². The number of hydrogen-bond donors (Lipinski definition) is 1. The molecule has 0 amide bonds. The number of ether oxygens (including phenoxy) is 1. The van der Waals surface area contributed by atoms with Crippen LogP contribution in [0.3, 0.4) is 0 Å². The molecule has 1 N–H and O–H groups in total. The molecule has 94 valence electrons. The van der Waals surface area contributed by atoms with E-state index in [1.165, 1.54) is 0 Å². The van der Waals surface area contributed by atoms with Crippen molar-refractivity contribution in [2.45, 2.75) is 25.2 Å². The van der Waals surface area contributed by atoms with Crippen molar-refractivity contribution in [3.63, 3.8) is 0 Å². The predicted octanol–water partition coefficient (Wildman–Crippen LogP) is 2.81. The quantitative estimate of drug-likeness (QED) is 0.868. The minimum Gasteiger partial charge on any atom is -0.465 e. The highest BCUT2D eigenvalue weighted by Gasteiger charge is 2.55. The molecule has 18 heavy (non-hydrogen) atoms. The highest BCUT2D eigenvalue weighted by atomic mass is 35.5. The van der Waals surface area contributed by atoms with Crippen molar-refractivity contribution in [2.24, 2.45) is 0 Å². The third-order valence-electron chi connectivity index (χ3n) is 3.33. The van der Waals surface area contributed by atoms with Crippen molar-refractivity contribution in [2.75, 3.05) is 6.61 Å². The molecule has 0 bridgehead atoms. The topological polar surface area (TPSA) is 55.0 Å². The van der Waals surface area contributed by atoms with Crippen LogP contribution in [0.5, 0.6) is 0 Å². The first kappa shape index (κ1) is 11.5. The van der Waals surface area contributed by atoms with E-state index in [0.29, 0.717) is 23.0 Å². The second kappa shape index (κ2) is 3.99. The fraction of sp³-hybridized carbons (Fsp3) is 0.385.